The molecule has 5 heteroatoms. The average molecular weight is 312 g/mol. The quantitative estimate of drug-likeness (QED) is 0.862. The maximum absolute atomic E-state index is 12.4. The van der Waals surface area contributed by atoms with Crippen LogP contribution in [0.15, 0.2) is 54.6 Å². The number of ether oxygens (including phenoxy) is 1. The molecule has 120 valence electrons. The monoisotopic (exact) mass is 312 g/mol. The van der Waals surface area contributed by atoms with Gasteiger partial charge in [-0.25, -0.2) is 0 Å². The molecule has 0 fully saturated rings. The number of benzene rings is 2. The van der Waals surface area contributed by atoms with Crippen LogP contribution in [0.1, 0.15) is 27.6 Å². The summed E-state index contributed by atoms with van der Waals surface area (Å²) in [5, 5.41) is 5.62. The predicted octanol–water partition coefficient (Wildman–Crippen LogP) is 2.70. The molecular formula is C18H20N2O3. The number of carbonyl (C=O) groups is 2. The third kappa shape index (κ3) is 4.66. The number of methoxy groups -OCH3 is 1. The lowest BCUT2D eigenvalue weighted by atomic mass is 10.1. The largest absolute Gasteiger partial charge is 0.383 e. The van der Waals surface area contributed by atoms with Crippen molar-refractivity contribution in [2.24, 2.45) is 0 Å². The minimum Gasteiger partial charge on any atom is -0.383 e. The van der Waals surface area contributed by atoms with Gasteiger partial charge in [-0.2, -0.15) is 0 Å². The van der Waals surface area contributed by atoms with Crippen molar-refractivity contribution in [3.05, 3.63) is 65.7 Å². The maximum Gasteiger partial charge on any atom is 0.255 e. The molecule has 0 saturated heterocycles. The molecule has 2 amide bonds. The number of amides is 2. The van der Waals surface area contributed by atoms with E-state index >= 15 is 0 Å². The van der Waals surface area contributed by atoms with Gasteiger partial charge in [0.2, 0.25) is 0 Å². The van der Waals surface area contributed by atoms with Crippen molar-refractivity contribution in [3.8, 4) is 0 Å². The Morgan fingerprint density at radius 1 is 1.00 bits per heavy atom. The molecule has 2 rings (SSSR count). The van der Waals surface area contributed by atoms with E-state index in [0.717, 1.165) is 0 Å². The van der Waals surface area contributed by atoms with Crippen LogP contribution < -0.4 is 10.6 Å². The topological polar surface area (TPSA) is 67.4 Å². The molecule has 0 aliphatic carbocycles. The van der Waals surface area contributed by atoms with Crippen LogP contribution in [0.25, 0.3) is 0 Å². The van der Waals surface area contributed by atoms with Crippen LogP contribution in [0.4, 0.5) is 5.69 Å². The van der Waals surface area contributed by atoms with Gasteiger partial charge in [-0.1, -0.05) is 30.3 Å². The summed E-state index contributed by atoms with van der Waals surface area (Å²) in [7, 11) is 1.58. The van der Waals surface area contributed by atoms with Crippen LogP contribution in [0, 0.1) is 0 Å². The molecule has 0 saturated carbocycles. The number of hydrogen-bond donors (Lipinski definition) is 2. The summed E-state index contributed by atoms with van der Waals surface area (Å²) in [5.74, 6) is -0.505. The minimum atomic E-state index is -0.254. The smallest absolute Gasteiger partial charge is 0.255 e. The summed E-state index contributed by atoms with van der Waals surface area (Å²) in [6.07, 6.45) is 0. The first kappa shape index (κ1) is 16.7. The number of anilines is 1. The summed E-state index contributed by atoms with van der Waals surface area (Å²) >= 11 is 0. The van der Waals surface area contributed by atoms with Gasteiger partial charge in [0.25, 0.3) is 11.8 Å². The number of hydrogen-bond acceptors (Lipinski definition) is 3. The molecule has 1 unspecified atom stereocenters. The van der Waals surface area contributed by atoms with Crippen LogP contribution in [0.3, 0.4) is 0 Å². The Morgan fingerprint density at radius 2 is 1.65 bits per heavy atom. The van der Waals surface area contributed by atoms with Crippen molar-refractivity contribution in [1.29, 1.82) is 0 Å². The second-order valence-corrected chi connectivity index (χ2v) is 5.20. The molecule has 0 bridgehead atoms. The van der Waals surface area contributed by atoms with Gasteiger partial charge in [0.15, 0.2) is 0 Å². The summed E-state index contributed by atoms with van der Waals surface area (Å²) in [4.78, 5) is 24.6. The highest BCUT2D eigenvalue weighted by Gasteiger charge is 2.15. The average Bonchev–Trinajstić information content (AvgIpc) is 2.56. The molecule has 0 aliphatic rings. The summed E-state index contributed by atoms with van der Waals surface area (Å²) in [6, 6.07) is 15.7. The summed E-state index contributed by atoms with van der Waals surface area (Å²) in [6.45, 7) is 2.27. The van der Waals surface area contributed by atoms with E-state index in [0.29, 0.717) is 23.4 Å². The standard InChI is InChI=1S/C18H20N2O3/c1-13(12-23-2)19-18(22)15-10-6-7-11-16(15)20-17(21)14-8-4-3-5-9-14/h3-11,13H,12H2,1-2H3,(H,19,22)(H,20,21). The zero-order valence-electron chi connectivity index (χ0n) is 13.2. The lowest BCUT2D eigenvalue weighted by molar-refractivity contribution is 0.0906. The first-order valence-corrected chi connectivity index (χ1v) is 7.37. The van der Waals surface area contributed by atoms with Gasteiger partial charge >= 0.3 is 0 Å². The van der Waals surface area contributed by atoms with Crippen molar-refractivity contribution < 1.29 is 14.3 Å². The van der Waals surface area contributed by atoms with Gasteiger partial charge in [-0.15, -0.1) is 0 Å². The molecule has 0 radical (unpaired) electrons. The molecule has 23 heavy (non-hydrogen) atoms. The first-order chi connectivity index (χ1) is 11.1. The van der Waals surface area contributed by atoms with Gasteiger partial charge in [0.1, 0.15) is 0 Å². The highest BCUT2D eigenvalue weighted by atomic mass is 16.5. The highest BCUT2D eigenvalue weighted by Crippen LogP contribution is 2.16. The van der Waals surface area contributed by atoms with Crippen molar-refractivity contribution in [2.45, 2.75) is 13.0 Å². The molecule has 0 aliphatic heterocycles. The summed E-state index contributed by atoms with van der Waals surface area (Å²) in [5.41, 5.74) is 1.43. The zero-order valence-corrected chi connectivity index (χ0v) is 13.2. The molecular weight excluding hydrogens is 292 g/mol. The molecule has 2 N–H and O–H groups in total. The Labute approximate surface area is 135 Å². The lowest BCUT2D eigenvalue weighted by Crippen LogP contribution is -2.36. The molecule has 0 heterocycles. The zero-order chi connectivity index (χ0) is 16.7. The normalized spacial score (nSPS) is 11.6. The number of para-hydroxylation sites is 1. The summed E-state index contributed by atoms with van der Waals surface area (Å²) < 4.78 is 5.01. The molecule has 5 nitrogen and oxygen atoms in total. The minimum absolute atomic E-state index is 0.120. The fourth-order valence-electron chi connectivity index (χ4n) is 2.17. The van der Waals surface area contributed by atoms with Crippen molar-refractivity contribution >= 4 is 17.5 Å². The Morgan fingerprint density at radius 3 is 2.35 bits per heavy atom. The second kappa shape index (κ2) is 8.10. The van der Waals surface area contributed by atoms with Crippen molar-refractivity contribution in [2.75, 3.05) is 19.0 Å². The van der Waals surface area contributed by atoms with E-state index in [1.54, 1.807) is 55.6 Å². The van der Waals surface area contributed by atoms with Crippen LogP contribution in [-0.2, 0) is 4.74 Å². The Bertz CT molecular complexity index is 671. The van der Waals surface area contributed by atoms with E-state index in [2.05, 4.69) is 10.6 Å². The number of nitrogens with one attached hydrogen (secondary N) is 2. The fourth-order valence-corrected chi connectivity index (χ4v) is 2.17. The first-order valence-electron chi connectivity index (χ1n) is 7.37. The third-order valence-corrected chi connectivity index (χ3v) is 3.25. The fraction of sp³-hybridized carbons (Fsp3) is 0.222. The third-order valence-electron chi connectivity index (χ3n) is 3.25. The van der Waals surface area contributed by atoms with E-state index in [9.17, 15) is 9.59 Å². The van der Waals surface area contributed by atoms with E-state index in [1.807, 2.05) is 13.0 Å². The Hall–Kier alpha value is -2.66. The lowest BCUT2D eigenvalue weighted by Gasteiger charge is -2.15. The van der Waals surface area contributed by atoms with Gasteiger partial charge in [0.05, 0.1) is 17.9 Å². The van der Waals surface area contributed by atoms with Crippen LogP contribution in [0.2, 0.25) is 0 Å². The molecule has 1 atom stereocenters. The van der Waals surface area contributed by atoms with Crippen LogP contribution in [-0.4, -0.2) is 31.6 Å². The van der Waals surface area contributed by atoms with Crippen LogP contribution >= 0.6 is 0 Å². The maximum atomic E-state index is 12.4. The molecule has 2 aromatic rings. The molecule has 2 aromatic carbocycles. The second-order valence-electron chi connectivity index (χ2n) is 5.20. The van der Waals surface area contributed by atoms with Gasteiger partial charge in [-0.05, 0) is 31.2 Å². The van der Waals surface area contributed by atoms with E-state index < -0.39 is 0 Å². The number of rotatable bonds is 6. The van der Waals surface area contributed by atoms with Crippen molar-refractivity contribution in [1.82, 2.24) is 5.32 Å². The number of carbonyl (C=O) groups excluding carboxylic acids is 2. The van der Waals surface area contributed by atoms with Gasteiger partial charge < -0.3 is 15.4 Å². The van der Waals surface area contributed by atoms with E-state index in [4.69, 9.17) is 4.74 Å². The molecule has 0 spiro atoms. The van der Waals surface area contributed by atoms with Crippen LogP contribution in [0.5, 0.6) is 0 Å². The van der Waals surface area contributed by atoms with Gasteiger partial charge in [-0.3, -0.25) is 9.59 Å². The Balaban J connectivity index is 2.14. The van der Waals surface area contributed by atoms with Gasteiger partial charge in [0, 0.05) is 18.7 Å². The molecule has 0 aromatic heterocycles. The predicted molar refractivity (Wildman–Crippen MR) is 89.6 cm³/mol. The van der Waals surface area contributed by atoms with Crippen molar-refractivity contribution in [3.63, 3.8) is 0 Å². The highest BCUT2D eigenvalue weighted by molar-refractivity contribution is 6.09. The SMILES string of the molecule is COCC(C)NC(=O)c1ccccc1NC(=O)c1ccccc1. The van der Waals surface area contributed by atoms with E-state index in [1.165, 1.54) is 0 Å². The van der Waals surface area contributed by atoms with E-state index in [-0.39, 0.29) is 17.9 Å². The Kier molecular flexibility index (Phi) is 5.88.